The van der Waals surface area contributed by atoms with Crippen LogP contribution in [0.3, 0.4) is 0 Å². The summed E-state index contributed by atoms with van der Waals surface area (Å²) in [7, 11) is 3.23. The van der Waals surface area contributed by atoms with Crippen molar-refractivity contribution in [2.45, 2.75) is 70.0 Å². The van der Waals surface area contributed by atoms with Crippen molar-refractivity contribution >= 4 is 17.7 Å². The highest BCUT2D eigenvalue weighted by molar-refractivity contribution is 5.82. The van der Waals surface area contributed by atoms with Crippen LogP contribution in [0.25, 0.3) is 0 Å². The van der Waals surface area contributed by atoms with Crippen molar-refractivity contribution in [3.8, 4) is 11.5 Å². The van der Waals surface area contributed by atoms with Gasteiger partial charge in [0.25, 0.3) is 0 Å². The fourth-order valence-electron chi connectivity index (χ4n) is 6.54. The molecule has 9 nitrogen and oxygen atoms in total. The molecule has 220 valence electrons. The summed E-state index contributed by atoms with van der Waals surface area (Å²) in [6.07, 6.45) is 5.07. The van der Waals surface area contributed by atoms with E-state index >= 15 is 0 Å². The van der Waals surface area contributed by atoms with Crippen molar-refractivity contribution in [2.75, 3.05) is 40.4 Å². The predicted octanol–water partition coefficient (Wildman–Crippen LogP) is 2.62. The van der Waals surface area contributed by atoms with Crippen molar-refractivity contribution in [3.05, 3.63) is 58.7 Å². The molecule has 4 bridgehead atoms. The Kier molecular flexibility index (Phi) is 9.44. The Balaban J connectivity index is 1.29. The molecule has 3 amide bonds. The van der Waals surface area contributed by atoms with E-state index in [1.165, 1.54) is 11.1 Å². The number of nitrogens with one attached hydrogen (secondary N) is 2. The van der Waals surface area contributed by atoms with Gasteiger partial charge in [0, 0.05) is 51.1 Å². The van der Waals surface area contributed by atoms with Crippen LogP contribution in [0, 0.1) is 0 Å². The first kappa shape index (κ1) is 28.9. The second-order valence-corrected chi connectivity index (χ2v) is 11.4. The molecule has 0 saturated carbocycles. The van der Waals surface area contributed by atoms with Crippen LogP contribution in [0.1, 0.15) is 54.4 Å². The minimum atomic E-state index is -0.170. The molecular formula is C32H42N4O5. The predicted molar refractivity (Wildman–Crippen MR) is 156 cm³/mol. The topological polar surface area (TPSA) is 100 Å². The third kappa shape index (κ3) is 7.01. The zero-order chi connectivity index (χ0) is 28.8. The van der Waals surface area contributed by atoms with Gasteiger partial charge in [-0.2, -0.15) is 0 Å². The van der Waals surface area contributed by atoms with E-state index in [2.05, 4.69) is 39.8 Å². The van der Waals surface area contributed by atoms with E-state index in [0.29, 0.717) is 50.4 Å². The summed E-state index contributed by atoms with van der Waals surface area (Å²) in [6.45, 7) is 2.82. The smallest absolute Gasteiger partial charge is 0.237 e. The average Bonchev–Trinajstić information content (AvgIpc) is 3.38. The highest BCUT2D eigenvalue weighted by Gasteiger charge is 2.38. The van der Waals surface area contributed by atoms with Crippen molar-refractivity contribution < 1.29 is 23.9 Å². The Morgan fingerprint density at radius 1 is 0.902 bits per heavy atom. The molecule has 0 aromatic heterocycles. The van der Waals surface area contributed by atoms with Crippen LogP contribution in [0.2, 0.25) is 0 Å². The fraction of sp³-hybridized carbons (Fsp3) is 0.531. The molecule has 3 aliphatic heterocycles. The zero-order valence-electron chi connectivity index (χ0n) is 24.2. The average molecular weight is 563 g/mol. The fourth-order valence-corrected chi connectivity index (χ4v) is 6.54. The van der Waals surface area contributed by atoms with Crippen molar-refractivity contribution in [3.63, 3.8) is 0 Å². The molecule has 2 aromatic rings. The number of carbonyl (C=O) groups excluding carboxylic acids is 3. The molecule has 41 heavy (non-hydrogen) atoms. The van der Waals surface area contributed by atoms with Gasteiger partial charge in [0.15, 0.2) is 11.5 Å². The van der Waals surface area contributed by atoms with Crippen LogP contribution in [-0.4, -0.2) is 80.0 Å². The van der Waals surface area contributed by atoms with E-state index in [0.717, 1.165) is 49.9 Å². The number of aryl methyl sites for hydroxylation is 2. The van der Waals surface area contributed by atoms with Crippen LogP contribution in [-0.2, 0) is 40.2 Å². The first-order valence-corrected chi connectivity index (χ1v) is 14.8. The highest BCUT2D eigenvalue weighted by atomic mass is 16.5. The van der Waals surface area contributed by atoms with Crippen molar-refractivity contribution in [1.29, 1.82) is 0 Å². The van der Waals surface area contributed by atoms with Crippen molar-refractivity contribution in [2.24, 2.45) is 0 Å². The lowest BCUT2D eigenvalue weighted by Gasteiger charge is -2.34. The summed E-state index contributed by atoms with van der Waals surface area (Å²) >= 11 is 0. The summed E-state index contributed by atoms with van der Waals surface area (Å²) < 4.78 is 11.2. The van der Waals surface area contributed by atoms with Gasteiger partial charge in [0.05, 0.1) is 20.8 Å². The molecule has 2 N–H and O–H groups in total. The van der Waals surface area contributed by atoms with Crippen LogP contribution in [0.15, 0.2) is 36.4 Å². The van der Waals surface area contributed by atoms with Crippen LogP contribution in [0.4, 0.5) is 0 Å². The van der Waals surface area contributed by atoms with E-state index in [9.17, 15) is 14.4 Å². The molecule has 0 spiro atoms. The van der Waals surface area contributed by atoms with Gasteiger partial charge < -0.3 is 25.0 Å². The number of hydrogen-bond donors (Lipinski definition) is 2. The second kappa shape index (κ2) is 13.4. The summed E-state index contributed by atoms with van der Waals surface area (Å²) in [5.74, 6) is 1.27. The monoisotopic (exact) mass is 562 g/mol. The number of methoxy groups -OCH3 is 2. The number of carbonyl (C=O) groups is 3. The molecule has 0 radical (unpaired) electrons. The molecule has 0 unspecified atom stereocenters. The highest BCUT2D eigenvalue weighted by Crippen LogP contribution is 2.34. The third-order valence-corrected chi connectivity index (χ3v) is 8.63. The minimum Gasteiger partial charge on any atom is -0.493 e. The standard InChI is InChI=1S/C32H42N4O5/c1-40-28-17-22-9-12-29(37)34-19-27-11-10-26(18-30(38)33-14-5-8-24(16-22)32(28)41-2)36(27)31(39)21-35-15-13-23-6-3-4-7-25(23)20-35/h3-4,6-7,16-17,26-27H,5,8-15,18-21H2,1-2H3,(H,33,38)(H,34,37)/t26-,27+/m0/s1. The van der Waals surface area contributed by atoms with Gasteiger partial charge in [-0.25, -0.2) is 0 Å². The summed E-state index contributed by atoms with van der Waals surface area (Å²) in [6, 6.07) is 12.1. The Hall–Kier alpha value is -3.59. The Morgan fingerprint density at radius 3 is 2.51 bits per heavy atom. The van der Waals surface area contributed by atoms with Gasteiger partial charge in [0.1, 0.15) is 0 Å². The third-order valence-electron chi connectivity index (χ3n) is 8.63. The number of fused-ring (bicyclic) bond motifs is 5. The minimum absolute atomic E-state index is 0.0343. The number of benzene rings is 2. The maximum absolute atomic E-state index is 13.8. The lowest BCUT2D eigenvalue weighted by atomic mass is 10.00. The van der Waals surface area contributed by atoms with Crippen LogP contribution < -0.4 is 20.1 Å². The number of ether oxygens (including phenoxy) is 2. The molecule has 3 aliphatic rings. The van der Waals surface area contributed by atoms with Gasteiger partial charge in [-0.3, -0.25) is 19.3 Å². The molecular weight excluding hydrogens is 520 g/mol. The number of nitrogens with zero attached hydrogens (tertiary/aromatic N) is 2. The molecule has 1 saturated heterocycles. The van der Waals surface area contributed by atoms with Crippen LogP contribution >= 0.6 is 0 Å². The number of rotatable bonds is 4. The normalized spacial score (nSPS) is 22.2. The first-order chi connectivity index (χ1) is 19.9. The molecule has 9 heteroatoms. The molecule has 3 heterocycles. The maximum Gasteiger partial charge on any atom is 0.237 e. The molecule has 2 aromatic carbocycles. The van der Waals surface area contributed by atoms with Gasteiger partial charge in [-0.1, -0.05) is 30.3 Å². The Bertz CT molecular complexity index is 1260. The quantitative estimate of drug-likeness (QED) is 0.595. The number of hydrogen-bond acceptors (Lipinski definition) is 6. The lowest BCUT2D eigenvalue weighted by Crippen LogP contribution is -2.51. The first-order valence-electron chi connectivity index (χ1n) is 14.8. The molecule has 1 fully saturated rings. The van der Waals surface area contributed by atoms with E-state index < -0.39 is 0 Å². The SMILES string of the molecule is COc1cc2cc(c1OC)CCCNC(=O)C[C@@H]1CC[C@H](CNC(=O)CC2)N1C(=O)CN1CCc2ccccc2C1. The Labute approximate surface area is 242 Å². The summed E-state index contributed by atoms with van der Waals surface area (Å²) in [5.41, 5.74) is 4.62. The maximum atomic E-state index is 13.8. The Morgan fingerprint density at radius 2 is 1.71 bits per heavy atom. The van der Waals surface area contributed by atoms with Gasteiger partial charge in [-0.05, 0) is 66.8 Å². The molecule has 2 atom stereocenters. The molecule has 0 aliphatic carbocycles. The lowest BCUT2D eigenvalue weighted by molar-refractivity contribution is -0.137. The van der Waals surface area contributed by atoms with Gasteiger partial charge in [-0.15, -0.1) is 0 Å². The van der Waals surface area contributed by atoms with E-state index in [-0.39, 0.29) is 36.2 Å². The van der Waals surface area contributed by atoms with Crippen LogP contribution in [0.5, 0.6) is 11.5 Å². The zero-order valence-corrected chi connectivity index (χ0v) is 24.2. The summed E-state index contributed by atoms with van der Waals surface area (Å²) in [4.78, 5) is 43.7. The van der Waals surface area contributed by atoms with Crippen molar-refractivity contribution in [1.82, 2.24) is 20.4 Å². The van der Waals surface area contributed by atoms with E-state index in [1.54, 1.807) is 14.2 Å². The largest absolute Gasteiger partial charge is 0.493 e. The molecule has 5 rings (SSSR count). The van der Waals surface area contributed by atoms with E-state index in [4.69, 9.17) is 9.47 Å². The number of amides is 3. The van der Waals surface area contributed by atoms with E-state index in [1.807, 2.05) is 17.0 Å². The van der Waals surface area contributed by atoms with Gasteiger partial charge in [0.2, 0.25) is 17.7 Å². The summed E-state index contributed by atoms with van der Waals surface area (Å²) in [5, 5.41) is 6.14. The van der Waals surface area contributed by atoms with Gasteiger partial charge >= 0.3 is 0 Å². The second-order valence-electron chi connectivity index (χ2n) is 11.4.